The summed E-state index contributed by atoms with van der Waals surface area (Å²) in [6.07, 6.45) is 3.56. The Labute approximate surface area is 131 Å². The molecule has 0 bridgehead atoms. The maximum atomic E-state index is 12.6. The van der Waals surface area contributed by atoms with Gasteiger partial charge >= 0.3 is 0 Å². The van der Waals surface area contributed by atoms with E-state index in [1.807, 2.05) is 35.2 Å². The van der Waals surface area contributed by atoms with Crippen LogP contribution in [0.2, 0.25) is 0 Å². The first-order valence-electron chi connectivity index (χ1n) is 7.88. The van der Waals surface area contributed by atoms with Gasteiger partial charge in [0.25, 0.3) is 0 Å². The average Bonchev–Trinajstić information content (AvgIpc) is 3.10. The minimum absolute atomic E-state index is 0.180. The summed E-state index contributed by atoms with van der Waals surface area (Å²) in [5.41, 5.74) is 4.38. The number of amides is 1. The Kier molecular flexibility index (Phi) is 2.93. The molecule has 2 nitrogen and oxygen atoms in total. The maximum absolute atomic E-state index is 12.6. The second-order valence-corrected chi connectivity index (χ2v) is 6.23. The van der Waals surface area contributed by atoms with Gasteiger partial charge in [-0.15, -0.1) is 0 Å². The maximum Gasteiger partial charge on any atom is 0.227 e. The second kappa shape index (κ2) is 4.84. The summed E-state index contributed by atoms with van der Waals surface area (Å²) >= 11 is 0. The van der Waals surface area contributed by atoms with Crippen molar-refractivity contribution in [3.05, 3.63) is 77.9 Å². The Balaban J connectivity index is 1.81. The average molecular weight is 289 g/mol. The smallest absolute Gasteiger partial charge is 0.227 e. The topological polar surface area (TPSA) is 20.3 Å². The quantitative estimate of drug-likeness (QED) is 0.814. The summed E-state index contributed by atoms with van der Waals surface area (Å²) in [6, 6.07) is 18.6. The lowest BCUT2D eigenvalue weighted by Crippen LogP contribution is -2.40. The van der Waals surface area contributed by atoms with Crippen LogP contribution >= 0.6 is 0 Å². The van der Waals surface area contributed by atoms with Crippen LogP contribution in [-0.2, 0) is 16.8 Å². The van der Waals surface area contributed by atoms with E-state index in [1.54, 1.807) is 0 Å². The van der Waals surface area contributed by atoms with Crippen molar-refractivity contribution in [2.45, 2.75) is 31.2 Å². The lowest BCUT2D eigenvalue weighted by molar-refractivity contribution is -0.127. The molecule has 1 amide bonds. The molecular weight excluding hydrogens is 270 g/mol. The standard InChI is InChI=1S/C20H19NO/c1-15(16-7-3-2-4-8-16)21-19(22)12-14-20(21)13-11-17-9-5-6-10-18(17)20/h2-10H,1,11-14H2/t20-/m1/s1. The van der Waals surface area contributed by atoms with Crippen molar-refractivity contribution in [1.29, 1.82) is 0 Å². The lowest BCUT2D eigenvalue weighted by atomic mass is 9.88. The molecule has 0 unspecified atom stereocenters. The van der Waals surface area contributed by atoms with Crippen molar-refractivity contribution in [3.63, 3.8) is 0 Å². The van der Waals surface area contributed by atoms with Crippen LogP contribution in [0.5, 0.6) is 0 Å². The van der Waals surface area contributed by atoms with Crippen LogP contribution in [0.3, 0.4) is 0 Å². The van der Waals surface area contributed by atoms with Crippen LogP contribution in [-0.4, -0.2) is 10.8 Å². The first-order valence-corrected chi connectivity index (χ1v) is 7.88. The van der Waals surface area contributed by atoms with Gasteiger partial charge in [0.1, 0.15) is 0 Å². The molecule has 22 heavy (non-hydrogen) atoms. The Morgan fingerprint density at radius 3 is 2.45 bits per heavy atom. The molecule has 4 rings (SSSR count). The molecule has 2 aromatic rings. The van der Waals surface area contributed by atoms with E-state index in [0.29, 0.717) is 6.42 Å². The third-order valence-corrected chi connectivity index (χ3v) is 5.13. The summed E-state index contributed by atoms with van der Waals surface area (Å²) in [4.78, 5) is 14.6. The highest BCUT2D eigenvalue weighted by molar-refractivity contribution is 5.90. The fourth-order valence-corrected chi connectivity index (χ4v) is 4.10. The third-order valence-electron chi connectivity index (χ3n) is 5.13. The number of rotatable bonds is 2. The van der Waals surface area contributed by atoms with Crippen molar-refractivity contribution in [2.24, 2.45) is 0 Å². The van der Waals surface area contributed by atoms with Crippen molar-refractivity contribution >= 4 is 11.6 Å². The van der Waals surface area contributed by atoms with Crippen LogP contribution in [0.15, 0.2) is 61.2 Å². The molecule has 2 aliphatic rings. The highest BCUT2D eigenvalue weighted by Gasteiger charge is 2.50. The molecule has 1 saturated heterocycles. The minimum atomic E-state index is -0.180. The van der Waals surface area contributed by atoms with Crippen molar-refractivity contribution in [2.75, 3.05) is 0 Å². The second-order valence-electron chi connectivity index (χ2n) is 6.23. The molecule has 1 atom stereocenters. The normalized spacial score (nSPS) is 23.1. The molecule has 0 N–H and O–H groups in total. The van der Waals surface area contributed by atoms with Gasteiger partial charge in [0.05, 0.1) is 5.54 Å². The van der Waals surface area contributed by atoms with Gasteiger partial charge in [0.15, 0.2) is 0 Å². The molecule has 1 aliphatic carbocycles. The summed E-state index contributed by atoms with van der Waals surface area (Å²) in [5.74, 6) is 0.200. The molecule has 0 radical (unpaired) electrons. The molecule has 2 heteroatoms. The predicted octanol–water partition coefficient (Wildman–Crippen LogP) is 4.12. The zero-order chi connectivity index (χ0) is 15.2. The van der Waals surface area contributed by atoms with Gasteiger partial charge in [0, 0.05) is 12.1 Å². The minimum Gasteiger partial charge on any atom is -0.302 e. The fourth-order valence-electron chi connectivity index (χ4n) is 4.10. The van der Waals surface area contributed by atoms with Gasteiger partial charge in [-0.1, -0.05) is 61.2 Å². The summed E-state index contributed by atoms with van der Waals surface area (Å²) in [7, 11) is 0. The number of fused-ring (bicyclic) bond motifs is 2. The summed E-state index contributed by atoms with van der Waals surface area (Å²) in [6.45, 7) is 4.25. The monoisotopic (exact) mass is 289 g/mol. The van der Waals surface area contributed by atoms with E-state index in [4.69, 9.17) is 0 Å². The number of carbonyl (C=O) groups is 1. The molecular formula is C20H19NO. The van der Waals surface area contributed by atoms with Crippen LogP contribution in [0.4, 0.5) is 0 Å². The van der Waals surface area contributed by atoms with Gasteiger partial charge < -0.3 is 4.90 Å². The SMILES string of the molecule is C=C(c1ccccc1)N1C(=O)CC[C@@]12CCc1ccccc12. The summed E-state index contributed by atoms with van der Waals surface area (Å²) in [5, 5.41) is 0. The first-order chi connectivity index (χ1) is 10.7. The van der Waals surface area contributed by atoms with Gasteiger partial charge in [-0.2, -0.15) is 0 Å². The largest absolute Gasteiger partial charge is 0.302 e. The summed E-state index contributed by atoms with van der Waals surface area (Å²) < 4.78 is 0. The highest BCUT2D eigenvalue weighted by Crippen LogP contribution is 2.51. The highest BCUT2D eigenvalue weighted by atomic mass is 16.2. The van der Waals surface area contributed by atoms with Crippen molar-refractivity contribution in [1.82, 2.24) is 4.90 Å². The Hall–Kier alpha value is -2.35. The molecule has 1 spiro atoms. The Morgan fingerprint density at radius 1 is 0.955 bits per heavy atom. The van der Waals surface area contributed by atoms with E-state index in [0.717, 1.165) is 30.5 Å². The Bertz CT molecular complexity index is 749. The number of benzene rings is 2. The van der Waals surface area contributed by atoms with Gasteiger partial charge in [-0.3, -0.25) is 4.79 Å². The fraction of sp³-hybridized carbons (Fsp3) is 0.250. The molecule has 2 aromatic carbocycles. The molecule has 1 fully saturated rings. The predicted molar refractivity (Wildman–Crippen MR) is 88.0 cm³/mol. The number of likely N-dealkylation sites (tertiary alicyclic amines) is 1. The molecule has 1 heterocycles. The number of aryl methyl sites for hydroxylation is 1. The van der Waals surface area contributed by atoms with E-state index in [1.165, 1.54) is 11.1 Å². The number of hydrogen-bond acceptors (Lipinski definition) is 1. The molecule has 0 aromatic heterocycles. The van der Waals surface area contributed by atoms with Crippen LogP contribution < -0.4 is 0 Å². The molecule has 110 valence electrons. The van der Waals surface area contributed by atoms with Crippen LogP contribution in [0.1, 0.15) is 36.0 Å². The van der Waals surface area contributed by atoms with Gasteiger partial charge in [-0.05, 0) is 36.0 Å². The zero-order valence-electron chi connectivity index (χ0n) is 12.6. The third kappa shape index (κ3) is 1.77. The van der Waals surface area contributed by atoms with E-state index in [2.05, 4.69) is 30.8 Å². The van der Waals surface area contributed by atoms with Gasteiger partial charge in [-0.25, -0.2) is 0 Å². The van der Waals surface area contributed by atoms with Gasteiger partial charge in [0.2, 0.25) is 5.91 Å². The molecule has 0 saturated carbocycles. The number of nitrogens with zero attached hydrogens (tertiary/aromatic N) is 1. The van der Waals surface area contributed by atoms with Crippen molar-refractivity contribution < 1.29 is 4.79 Å². The van der Waals surface area contributed by atoms with Crippen LogP contribution in [0.25, 0.3) is 5.70 Å². The lowest BCUT2D eigenvalue weighted by Gasteiger charge is -2.37. The zero-order valence-corrected chi connectivity index (χ0v) is 12.6. The van der Waals surface area contributed by atoms with E-state index in [-0.39, 0.29) is 11.4 Å². The Morgan fingerprint density at radius 2 is 1.64 bits per heavy atom. The van der Waals surface area contributed by atoms with Crippen molar-refractivity contribution in [3.8, 4) is 0 Å². The number of hydrogen-bond donors (Lipinski definition) is 0. The van der Waals surface area contributed by atoms with E-state index >= 15 is 0 Å². The molecule has 1 aliphatic heterocycles. The first kappa shape index (κ1) is 13.3. The van der Waals surface area contributed by atoms with Crippen LogP contribution in [0, 0.1) is 0 Å². The number of carbonyl (C=O) groups excluding carboxylic acids is 1. The van der Waals surface area contributed by atoms with E-state index < -0.39 is 0 Å². The van der Waals surface area contributed by atoms with E-state index in [9.17, 15) is 4.79 Å².